The van der Waals surface area contributed by atoms with Crippen molar-refractivity contribution in [3.8, 4) is 5.75 Å². The third-order valence-electron chi connectivity index (χ3n) is 3.61. The number of Topliss-reactive ketones (excluding diaryl/α,β-unsaturated/α-hetero) is 1. The van der Waals surface area contributed by atoms with E-state index in [1.165, 1.54) is 11.3 Å². The van der Waals surface area contributed by atoms with Crippen molar-refractivity contribution >= 4 is 34.6 Å². The lowest BCUT2D eigenvalue weighted by atomic mass is 10.2. The predicted molar refractivity (Wildman–Crippen MR) is 103 cm³/mol. The summed E-state index contributed by atoms with van der Waals surface area (Å²) in [7, 11) is 0. The molecule has 3 rings (SSSR count). The highest BCUT2D eigenvalue weighted by atomic mass is 35.5. The molecule has 0 bridgehead atoms. The molecule has 0 saturated heterocycles. The minimum Gasteiger partial charge on any atom is -0.485 e. The van der Waals surface area contributed by atoms with Crippen LogP contribution in [-0.4, -0.2) is 18.3 Å². The Balaban J connectivity index is 1.57. The van der Waals surface area contributed by atoms with E-state index in [0.717, 1.165) is 5.56 Å². The fourth-order valence-corrected chi connectivity index (χ4v) is 3.26. The first kappa shape index (κ1) is 18.2. The van der Waals surface area contributed by atoms with Gasteiger partial charge in [0.2, 0.25) is 5.78 Å². The monoisotopic (exact) mass is 385 g/mol. The van der Waals surface area contributed by atoms with Gasteiger partial charge in [0, 0.05) is 12.1 Å². The maximum atomic E-state index is 12.3. The SMILES string of the molecule is O=C(NCc1ccccc1)c1cccc(OCC(=O)c2ccc(Cl)s2)c1. The number of thiophene rings is 1. The Morgan fingerprint density at radius 2 is 1.81 bits per heavy atom. The van der Waals surface area contributed by atoms with Crippen molar-refractivity contribution in [1.82, 2.24) is 5.32 Å². The molecule has 0 aliphatic rings. The number of ether oxygens (including phenoxy) is 1. The average molecular weight is 386 g/mol. The van der Waals surface area contributed by atoms with E-state index in [9.17, 15) is 9.59 Å². The number of amides is 1. The third kappa shape index (κ3) is 4.94. The summed E-state index contributed by atoms with van der Waals surface area (Å²) in [6.45, 7) is 0.342. The Hall–Kier alpha value is -2.63. The van der Waals surface area contributed by atoms with E-state index in [0.29, 0.717) is 27.1 Å². The van der Waals surface area contributed by atoms with Crippen LogP contribution in [0.4, 0.5) is 0 Å². The highest BCUT2D eigenvalue weighted by molar-refractivity contribution is 7.18. The zero-order chi connectivity index (χ0) is 18.4. The molecule has 132 valence electrons. The quantitative estimate of drug-likeness (QED) is 0.605. The standard InChI is InChI=1S/C20H16ClNO3S/c21-19-10-9-18(26-19)17(23)13-25-16-8-4-7-15(11-16)20(24)22-12-14-5-2-1-3-6-14/h1-11H,12-13H2,(H,22,24). The molecule has 0 saturated carbocycles. The van der Waals surface area contributed by atoms with Crippen molar-refractivity contribution in [3.05, 3.63) is 87.1 Å². The maximum Gasteiger partial charge on any atom is 0.251 e. The van der Waals surface area contributed by atoms with Crippen molar-refractivity contribution in [1.29, 1.82) is 0 Å². The van der Waals surface area contributed by atoms with Crippen molar-refractivity contribution in [3.63, 3.8) is 0 Å². The van der Waals surface area contributed by atoms with Gasteiger partial charge < -0.3 is 10.1 Å². The van der Waals surface area contributed by atoms with Crippen molar-refractivity contribution in [2.45, 2.75) is 6.54 Å². The fourth-order valence-electron chi connectivity index (χ4n) is 2.29. The number of halogens is 1. The summed E-state index contributed by atoms with van der Waals surface area (Å²) in [4.78, 5) is 24.9. The summed E-state index contributed by atoms with van der Waals surface area (Å²) in [6, 6.07) is 19.8. The molecule has 0 spiro atoms. The molecule has 1 N–H and O–H groups in total. The van der Waals surface area contributed by atoms with Crippen LogP contribution in [-0.2, 0) is 6.54 Å². The molecular weight excluding hydrogens is 370 g/mol. The average Bonchev–Trinajstić information content (AvgIpc) is 3.12. The van der Waals surface area contributed by atoms with Gasteiger partial charge in [-0.15, -0.1) is 11.3 Å². The number of carbonyl (C=O) groups is 2. The third-order valence-corrected chi connectivity index (χ3v) is 4.88. The van der Waals surface area contributed by atoms with Crippen LogP contribution in [0.15, 0.2) is 66.7 Å². The van der Waals surface area contributed by atoms with Crippen LogP contribution in [0, 0.1) is 0 Å². The van der Waals surface area contributed by atoms with Gasteiger partial charge in [-0.3, -0.25) is 9.59 Å². The Kier molecular flexibility index (Phi) is 6.04. The Bertz CT molecular complexity index is 908. The van der Waals surface area contributed by atoms with E-state index in [4.69, 9.17) is 16.3 Å². The van der Waals surface area contributed by atoms with Crippen molar-refractivity contribution in [2.24, 2.45) is 0 Å². The lowest BCUT2D eigenvalue weighted by Crippen LogP contribution is -2.22. The van der Waals surface area contributed by atoms with Gasteiger partial charge in [0.15, 0.2) is 6.61 Å². The number of benzene rings is 2. The lowest BCUT2D eigenvalue weighted by molar-refractivity contribution is 0.0925. The summed E-state index contributed by atoms with van der Waals surface area (Å²) in [5.74, 6) is 0.116. The second-order valence-electron chi connectivity index (χ2n) is 5.51. The number of hydrogen-bond donors (Lipinski definition) is 1. The van der Waals surface area contributed by atoms with Crippen LogP contribution >= 0.6 is 22.9 Å². The van der Waals surface area contributed by atoms with Crippen LogP contribution in [0.5, 0.6) is 5.75 Å². The number of hydrogen-bond acceptors (Lipinski definition) is 4. The molecule has 0 aliphatic heterocycles. The van der Waals surface area contributed by atoms with Gasteiger partial charge in [0.25, 0.3) is 5.91 Å². The molecule has 4 nitrogen and oxygen atoms in total. The fraction of sp³-hybridized carbons (Fsp3) is 0.100. The highest BCUT2D eigenvalue weighted by Gasteiger charge is 2.11. The molecule has 0 atom stereocenters. The van der Waals surface area contributed by atoms with Gasteiger partial charge in [-0.1, -0.05) is 48.0 Å². The second kappa shape index (κ2) is 8.65. The van der Waals surface area contributed by atoms with Crippen LogP contribution in [0.3, 0.4) is 0 Å². The van der Waals surface area contributed by atoms with Crippen LogP contribution in [0.1, 0.15) is 25.6 Å². The number of rotatable bonds is 7. The summed E-state index contributed by atoms with van der Waals surface area (Å²) >= 11 is 7.05. The minimum absolute atomic E-state index is 0.105. The summed E-state index contributed by atoms with van der Waals surface area (Å²) in [5.41, 5.74) is 1.50. The van der Waals surface area contributed by atoms with Gasteiger partial charge in [-0.05, 0) is 35.9 Å². The van der Waals surface area contributed by atoms with Gasteiger partial charge >= 0.3 is 0 Å². The first-order chi connectivity index (χ1) is 12.6. The summed E-state index contributed by atoms with van der Waals surface area (Å²) in [5, 5.41) is 2.86. The van der Waals surface area contributed by atoms with E-state index in [-0.39, 0.29) is 18.3 Å². The van der Waals surface area contributed by atoms with Crippen LogP contribution in [0.2, 0.25) is 4.34 Å². The summed E-state index contributed by atoms with van der Waals surface area (Å²) < 4.78 is 6.08. The minimum atomic E-state index is -0.198. The normalized spacial score (nSPS) is 10.3. The van der Waals surface area contributed by atoms with E-state index in [1.807, 2.05) is 30.3 Å². The van der Waals surface area contributed by atoms with E-state index < -0.39 is 0 Å². The zero-order valence-electron chi connectivity index (χ0n) is 13.8. The molecule has 0 aliphatic carbocycles. The van der Waals surface area contributed by atoms with Gasteiger partial charge in [-0.2, -0.15) is 0 Å². The Morgan fingerprint density at radius 3 is 2.54 bits per heavy atom. The first-order valence-corrected chi connectivity index (χ1v) is 9.15. The largest absolute Gasteiger partial charge is 0.485 e. The maximum absolute atomic E-state index is 12.3. The van der Waals surface area contributed by atoms with E-state index >= 15 is 0 Å². The molecule has 0 fully saturated rings. The second-order valence-corrected chi connectivity index (χ2v) is 7.23. The van der Waals surface area contributed by atoms with Crippen LogP contribution < -0.4 is 10.1 Å². The Morgan fingerprint density at radius 1 is 1.00 bits per heavy atom. The molecule has 1 amide bonds. The smallest absolute Gasteiger partial charge is 0.251 e. The summed E-state index contributed by atoms with van der Waals surface area (Å²) in [6.07, 6.45) is 0. The predicted octanol–water partition coefficient (Wildman–Crippen LogP) is 4.59. The molecule has 0 unspecified atom stereocenters. The molecule has 3 aromatic rings. The van der Waals surface area contributed by atoms with Crippen LogP contribution in [0.25, 0.3) is 0 Å². The zero-order valence-corrected chi connectivity index (χ0v) is 15.3. The molecule has 2 aromatic carbocycles. The topological polar surface area (TPSA) is 55.4 Å². The number of carbonyl (C=O) groups excluding carboxylic acids is 2. The molecule has 1 heterocycles. The van der Waals surface area contributed by atoms with Gasteiger partial charge in [-0.25, -0.2) is 0 Å². The molecule has 6 heteroatoms. The molecule has 0 radical (unpaired) electrons. The number of nitrogens with one attached hydrogen (secondary N) is 1. The molecule has 1 aromatic heterocycles. The molecule has 26 heavy (non-hydrogen) atoms. The van der Waals surface area contributed by atoms with Gasteiger partial charge in [0.05, 0.1) is 9.21 Å². The molecular formula is C20H16ClNO3S. The highest BCUT2D eigenvalue weighted by Crippen LogP contribution is 2.22. The van der Waals surface area contributed by atoms with Crippen molar-refractivity contribution < 1.29 is 14.3 Å². The van der Waals surface area contributed by atoms with E-state index in [1.54, 1.807) is 36.4 Å². The van der Waals surface area contributed by atoms with Gasteiger partial charge in [0.1, 0.15) is 5.75 Å². The first-order valence-electron chi connectivity index (χ1n) is 7.95. The van der Waals surface area contributed by atoms with E-state index in [2.05, 4.69) is 5.32 Å². The number of ketones is 1. The van der Waals surface area contributed by atoms with Crippen molar-refractivity contribution in [2.75, 3.05) is 6.61 Å². The Labute approximate surface area is 160 Å². The lowest BCUT2D eigenvalue weighted by Gasteiger charge is -2.08.